The number of hydrogen-bond donors (Lipinski definition) is 1. The number of aryl methyl sites for hydroxylation is 1. The van der Waals surface area contributed by atoms with E-state index < -0.39 is 0 Å². The minimum atomic E-state index is -0.148. The van der Waals surface area contributed by atoms with Crippen molar-refractivity contribution in [2.45, 2.75) is 65.8 Å². The van der Waals surface area contributed by atoms with Crippen molar-refractivity contribution in [2.75, 3.05) is 0 Å². The van der Waals surface area contributed by atoms with Crippen molar-refractivity contribution in [3.05, 3.63) is 70.9 Å². The van der Waals surface area contributed by atoms with Crippen LogP contribution in [0.2, 0.25) is 0 Å². The number of aromatic nitrogens is 2. The first-order chi connectivity index (χ1) is 12.9. The standard InChI is InChI=1S/C25H32N2O/c1-17-8-10-18(11-9-17)16-27-13-12-22(26-27)19-14-20(24(2,3)4)23(28)21(15-19)25(5,6)7/h8-15,28H,16H2,1-7H3. The second kappa shape index (κ2) is 7.12. The number of hydrogen-bond acceptors (Lipinski definition) is 2. The smallest absolute Gasteiger partial charge is 0.123 e. The summed E-state index contributed by atoms with van der Waals surface area (Å²) < 4.78 is 1.97. The molecule has 1 N–H and O–H groups in total. The number of phenols is 1. The number of phenolic OH excluding ortho intramolecular Hbond substituents is 1. The molecule has 0 aliphatic heterocycles. The maximum absolute atomic E-state index is 10.9. The number of nitrogens with zero attached hydrogens (tertiary/aromatic N) is 2. The van der Waals surface area contributed by atoms with Crippen LogP contribution in [0.25, 0.3) is 11.3 Å². The zero-order valence-corrected chi connectivity index (χ0v) is 18.2. The van der Waals surface area contributed by atoms with Crippen LogP contribution in [0.1, 0.15) is 63.8 Å². The van der Waals surface area contributed by atoms with Crippen molar-refractivity contribution < 1.29 is 5.11 Å². The molecule has 0 bridgehead atoms. The maximum atomic E-state index is 10.9. The molecule has 3 heteroatoms. The van der Waals surface area contributed by atoms with Crippen LogP contribution >= 0.6 is 0 Å². The summed E-state index contributed by atoms with van der Waals surface area (Å²) in [6.45, 7) is 15.6. The van der Waals surface area contributed by atoms with Gasteiger partial charge in [-0.25, -0.2) is 0 Å². The van der Waals surface area contributed by atoms with E-state index >= 15 is 0 Å². The largest absolute Gasteiger partial charge is 0.507 e. The first-order valence-electron chi connectivity index (χ1n) is 9.92. The van der Waals surface area contributed by atoms with Gasteiger partial charge in [-0.3, -0.25) is 4.68 Å². The molecule has 0 atom stereocenters. The Labute approximate surface area is 169 Å². The highest BCUT2D eigenvalue weighted by Crippen LogP contribution is 2.41. The molecule has 3 nitrogen and oxygen atoms in total. The fourth-order valence-electron chi connectivity index (χ4n) is 3.41. The van der Waals surface area contributed by atoms with Gasteiger partial charge in [-0.05, 0) is 41.5 Å². The van der Waals surface area contributed by atoms with Gasteiger partial charge in [0, 0.05) is 22.9 Å². The van der Waals surface area contributed by atoms with E-state index in [9.17, 15) is 5.11 Å². The fraction of sp³-hybridized carbons (Fsp3) is 0.400. The van der Waals surface area contributed by atoms with E-state index in [-0.39, 0.29) is 10.8 Å². The molecule has 0 amide bonds. The number of rotatable bonds is 3. The van der Waals surface area contributed by atoms with Crippen LogP contribution in [0, 0.1) is 6.92 Å². The monoisotopic (exact) mass is 376 g/mol. The average molecular weight is 377 g/mol. The first-order valence-corrected chi connectivity index (χ1v) is 9.92. The van der Waals surface area contributed by atoms with E-state index in [0.717, 1.165) is 28.9 Å². The third kappa shape index (κ3) is 4.30. The summed E-state index contributed by atoms with van der Waals surface area (Å²) >= 11 is 0. The molecule has 1 heterocycles. The molecule has 3 rings (SSSR count). The Hall–Kier alpha value is -2.55. The normalized spacial score (nSPS) is 12.4. The van der Waals surface area contributed by atoms with E-state index in [2.05, 4.69) is 90.9 Å². The van der Waals surface area contributed by atoms with Crippen molar-refractivity contribution in [3.8, 4) is 17.0 Å². The molecule has 0 spiro atoms. The third-order valence-electron chi connectivity index (χ3n) is 5.13. The van der Waals surface area contributed by atoms with Crippen molar-refractivity contribution >= 4 is 0 Å². The van der Waals surface area contributed by atoms with Gasteiger partial charge in [0.2, 0.25) is 0 Å². The molecule has 0 saturated carbocycles. The molecule has 2 aromatic carbocycles. The van der Waals surface area contributed by atoms with E-state index in [1.54, 1.807) is 0 Å². The molecule has 0 aliphatic rings. The lowest BCUT2D eigenvalue weighted by molar-refractivity contribution is 0.423. The SMILES string of the molecule is Cc1ccc(Cn2ccc(-c3cc(C(C)(C)C)c(O)c(C(C)(C)C)c3)n2)cc1. The van der Waals surface area contributed by atoms with Gasteiger partial charge in [0.25, 0.3) is 0 Å². The second-order valence-corrected chi connectivity index (χ2v) is 9.80. The van der Waals surface area contributed by atoms with Crippen LogP contribution in [-0.4, -0.2) is 14.9 Å². The van der Waals surface area contributed by atoms with Crippen LogP contribution in [0.5, 0.6) is 5.75 Å². The van der Waals surface area contributed by atoms with Gasteiger partial charge in [-0.1, -0.05) is 71.4 Å². The zero-order valence-electron chi connectivity index (χ0n) is 18.2. The summed E-state index contributed by atoms with van der Waals surface area (Å²) in [5, 5.41) is 15.7. The van der Waals surface area contributed by atoms with Crippen LogP contribution in [0.3, 0.4) is 0 Å². The van der Waals surface area contributed by atoms with Gasteiger partial charge >= 0.3 is 0 Å². The minimum Gasteiger partial charge on any atom is -0.507 e. The summed E-state index contributed by atoms with van der Waals surface area (Å²) in [6, 6.07) is 14.8. The molecule has 28 heavy (non-hydrogen) atoms. The molecular weight excluding hydrogens is 344 g/mol. The van der Waals surface area contributed by atoms with Crippen molar-refractivity contribution in [2.24, 2.45) is 0 Å². The van der Waals surface area contributed by atoms with Crippen LogP contribution < -0.4 is 0 Å². The highest BCUT2D eigenvalue weighted by molar-refractivity contribution is 5.66. The van der Waals surface area contributed by atoms with Gasteiger partial charge in [-0.15, -0.1) is 0 Å². The average Bonchev–Trinajstić information content (AvgIpc) is 3.03. The van der Waals surface area contributed by atoms with Crippen molar-refractivity contribution in [1.82, 2.24) is 9.78 Å². The lowest BCUT2D eigenvalue weighted by Crippen LogP contribution is -2.17. The second-order valence-electron chi connectivity index (χ2n) is 9.80. The third-order valence-corrected chi connectivity index (χ3v) is 5.13. The molecular formula is C25H32N2O. The van der Waals surface area contributed by atoms with E-state index in [0.29, 0.717) is 5.75 Å². The summed E-state index contributed by atoms with van der Waals surface area (Å²) in [7, 11) is 0. The Morgan fingerprint density at radius 2 is 1.39 bits per heavy atom. The Balaban J connectivity index is 2.01. The Kier molecular flexibility index (Phi) is 5.14. The minimum absolute atomic E-state index is 0.148. The van der Waals surface area contributed by atoms with E-state index in [1.165, 1.54) is 11.1 Å². The summed E-state index contributed by atoms with van der Waals surface area (Å²) in [6.07, 6.45) is 2.02. The highest BCUT2D eigenvalue weighted by atomic mass is 16.3. The summed E-state index contributed by atoms with van der Waals surface area (Å²) in [4.78, 5) is 0. The van der Waals surface area contributed by atoms with Gasteiger partial charge in [0.1, 0.15) is 5.75 Å². The topological polar surface area (TPSA) is 38.0 Å². The Morgan fingerprint density at radius 1 is 0.857 bits per heavy atom. The molecule has 0 aliphatic carbocycles. The lowest BCUT2D eigenvalue weighted by Gasteiger charge is -2.28. The highest BCUT2D eigenvalue weighted by Gasteiger charge is 2.27. The molecule has 0 unspecified atom stereocenters. The zero-order chi connectivity index (χ0) is 20.7. The molecule has 0 radical (unpaired) electrons. The summed E-state index contributed by atoms with van der Waals surface area (Å²) in [5.41, 5.74) is 6.11. The fourth-order valence-corrected chi connectivity index (χ4v) is 3.41. The maximum Gasteiger partial charge on any atom is 0.123 e. The van der Waals surface area contributed by atoms with Crippen molar-refractivity contribution in [3.63, 3.8) is 0 Å². The Bertz CT molecular complexity index is 932. The van der Waals surface area contributed by atoms with Crippen LogP contribution in [0.4, 0.5) is 0 Å². The molecule has 148 valence electrons. The molecule has 0 fully saturated rings. The molecule has 1 aromatic heterocycles. The van der Waals surface area contributed by atoms with E-state index in [1.807, 2.05) is 10.9 Å². The van der Waals surface area contributed by atoms with Crippen LogP contribution in [-0.2, 0) is 17.4 Å². The quantitative estimate of drug-likeness (QED) is 0.590. The predicted molar refractivity (Wildman–Crippen MR) is 117 cm³/mol. The van der Waals surface area contributed by atoms with Gasteiger partial charge in [0.05, 0.1) is 12.2 Å². The Morgan fingerprint density at radius 3 is 1.89 bits per heavy atom. The predicted octanol–water partition coefficient (Wildman–Crippen LogP) is 6.21. The van der Waals surface area contributed by atoms with Gasteiger partial charge < -0.3 is 5.11 Å². The number of benzene rings is 2. The van der Waals surface area contributed by atoms with E-state index in [4.69, 9.17) is 5.10 Å². The first kappa shape index (κ1) is 20.2. The molecule has 3 aromatic rings. The summed E-state index contributed by atoms with van der Waals surface area (Å²) in [5.74, 6) is 0.405. The lowest BCUT2D eigenvalue weighted by atomic mass is 9.78. The van der Waals surface area contributed by atoms with Crippen molar-refractivity contribution in [1.29, 1.82) is 0 Å². The number of aromatic hydroxyl groups is 1. The van der Waals surface area contributed by atoms with Gasteiger partial charge in [-0.2, -0.15) is 5.10 Å². The molecule has 0 saturated heterocycles. The van der Waals surface area contributed by atoms with Crippen LogP contribution in [0.15, 0.2) is 48.7 Å². The van der Waals surface area contributed by atoms with Gasteiger partial charge in [0.15, 0.2) is 0 Å².